The maximum absolute atomic E-state index is 4.46. The number of pyridine rings is 1. The first kappa shape index (κ1) is 15.9. The van der Waals surface area contributed by atoms with Crippen molar-refractivity contribution >= 4 is 0 Å². The standard InChI is InChI=1S/C19H22N6/c1-14-10-21-19(24-14)18-9-17(22-13-23-18)8-15-5-7-25(11-15)12-16-4-2-3-6-20-16/h2-4,6,9-10,13,15H,5,7-8,11-12H2,1H3,(H,21,24)/t15-/m0/s1. The number of hydrogen-bond donors (Lipinski definition) is 1. The highest BCUT2D eigenvalue weighted by Crippen LogP contribution is 2.22. The van der Waals surface area contributed by atoms with Crippen molar-refractivity contribution in [3.63, 3.8) is 0 Å². The summed E-state index contributed by atoms with van der Waals surface area (Å²) in [5.41, 5.74) is 4.13. The molecule has 0 amide bonds. The number of hydrogen-bond acceptors (Lipinski definition) is 5. The first-order valence-corrected chi connectivity index (χ1v) is 8.71. The molecule has 0 unspecified atom stereocenters. The number of nitrogens with zero attached hydrogens (tertiary/aromatic N) is 5. The Morgan fingerprint density at radius 3 is 2.92 bits per heavy atom. The molecule has 1 fully saturated rings. The van der Waals surface area contributed by atoms with Crippen molar-refractivity contribution in [2.75, 3.05) is 13.1 Å². The van der Waals surface area contributed by atoms with Crippen molar-refractivity contribution in [1.29, 1.82) is 0 Å². The van der Waals surface area contributed by atoms with Crippen LogP contribution in [0.1, 0.15) is 23.5 Å². The minimum atomic E-state index is 0.629. The Morgan fingerprint density at radius 1 is 1.16 bits per heavy atom. The fourth-order valence-corrected chi connectivity index (χ4v) is 3.42. The Hall–Kier alpha value is -2.60. The fourth-order valence-electron chi connectivity index (χ4n) is 3.42. The van der Waals surface area contributed by atoms with E-state index < -0.39 is 0 Å². The smallest absolute Gasteiger partial charge is 0.156 e. The van der Waals surface area contributed by atoms with Crippen LogP contribution in [0.3, 0.4) is 0 Å². The van der Waals surface area contributed by atoms with Crippen molar-refractivity contribution in [3.8, 4) is 11.5 Å². The number of aromatic nitrogens is 5. The van der Waals surface area contributed by atoms with Gasteiger partial charge in [0.15, 0.2) is 5.82 Å². The van der Waals surface area contributed by atoms with E-state index in [9.17, 15) is 0 Å². The van der Waals surface area contributed by atoms with E-state index in [-0.39, 0.29) is 0 Å². The summed E-state index contributed by atoms with van der Waals surface area (Å²) in [7, 11) is 0. The zero-order valence-corrected chi connectivity index (χ0v) is 14.4. The summed E-state index contributed by atoms with van der Waals surface area (Å²) in [5.74, 6) is 1.44. The Morgan fingerprint density at radius 2 is 2.12 bits per heavy atom. The lowest BCUT2D eigenvalue weighted by molar-refractivity contribution is 0.312. The summed E-state index contributed by atoms with van der Waals surface area (Å²) in [6.45, 7) is 5.14. The maximum atomic E-state index is 4.46. The Balaban J connectivity index is 1.38. The molecule has 4 heterocycles. The van der Waals surface area contributed by atoms with Gasteiger partial charge in [0, 0.05) is 36.9 Å². The van der Waals surface area contributed by atoms with Gasteiger partial charge in [-0.25, -0.2) is 15.0 Å². The number of H-pyrrole nitrogens is 1. The van der Waals surface area contributed by atoms with Crippen LogP contribution in [0.4, 0.5) is 0 Å². The number of likely N-dealkylation sites (tertiary alicyclic amines) is 1. The molecule has 1 aliphatic heterocycles. The molecular formula is C19H22N6. The molecule has 1 atom stereocenters. The first-order chi connectivity index (χ1) is 12.3. The van der Waals surface area contributed by atoms with Crippen LogP contribution in [-0.2, 0) is 13.0 Å². The molecule has 1 aliphatic rings. The van der Waals surface area contributed by atoms with Gasteiger partial charge in [-0.15, -0.1) is 0 Å². The van der Waals surface area contributed by atoms with Crippen LogP contribution >= 0.6 is 0 Å². The van der Waals surface area contributed by atoms with Crippen LogP contribution in [-0.4, -0.2) is 42.9 Å². The van der Waals surface area contributed by atoms with E-state index in [1.165, 1.54) is 6.42 Å². The number of imidazole rings is 1. The lowest BCUT2D eigenvalue weighted by atomic mass is 10.0. The molecule has 0 radical (unpaired) electrons. The van der Waals surface area contributed by atoms with Gasteiger partial charge < -0.3 is 4.98 Å². The van der Waals surface area contributed by atoms with Gasteiger partial charge in [0.1, 0.15) is 12.0 Å². The lowest BCUT2D eigenvalue weighted by Crippen LogP contribution is -2.21. The molecule has 0 bridgehead atoms. The molecule has 0 aliphatic carbocycles. The van der Waals surface area contributed by atoms with Gasteiger partial charge in [0.05, 0.1) is 5.69 Å². The summed E-state index contributed by atoms with van der Waals surface area (Å²) in [6.07, 6.45) is 7.51. The van der Waals surface area contributed by atoms with Crippen LogP contribution in [0.25, 0.3) is 11.5 Å². The Bertz CT molecular complexity index is 829. The highest BCUT2D eigenvalue weighted by atomic mass is 15.1. The van der Waals surface area contributed by atoms with E-state index in [1.807, 2.05) is 25.4 Å². The molecule has 128 valence electrons. The van der Waals surface area contributed by atoms with Crippen LogP contribution < -0.4 is 0 Å². The quantitative estimate of drug-likeness (QED) is 0.777. The van der Waals surface area contributed by atoms with Crippen molar-refractivity contribution in [2.45, 2.75) is 26.3 Å². The second-order valence-corrected chi connectivity index (χ2v) is 6.72. The molecule has 6 nitrogen and oxygen atoms in total. The molecule has 3 aromatic heterocycles. The summed E-state index contributed by atoms with van der Waals surface area (Å²) < 4.78 is 0. The second-order valence-electron chi connectivity index (χ2n) is 6.72. The minimum Gasteiger partial charge on any atom is -0.341 e. The highest BCUT2D eigenvalue weighted by molar-refractivity contribution is 5.49. The van der Waals surface area contributed by atoms with Gasteiger partial charge in [-0.05, 0) is 50.4 Å². The van der Waals surface area contributed by atoms with Crippen molar-refractivity contribution in [1.82, 2.24) is 29.8 Å². The summed E-state index contributed by atoms with van der Waals surface area (Å²) >= 11 is 0. The van der Waals surface area contributed by atoms with E-state index in [0.29, 0.717) is 5.92 Å². The molecule has 0 aromatic carbocycles. The van der Waals surface area contributed by atoms with Crippen LogP contribution in [0.15, 0.2) is 43.0 Å². The summed E-state index contributed by atoms with van der Waals surface area (Å²) in [6, 6.07) is 8.16. The zero-order chi connectivity index (χ0) is 17.1. The normalized spacial score (nSPS) is 17.9. The van der Waals surface area contributed by atoms with Crippen LogP contribution in [0.5, 0.6) is 0 Å². The Labute approximate surface area is 147 Å². The van der Waals surface area contributed by atoms with E-state index in [4.69, 9.17) is 0 Å². The van der Waals surface area contributed by atoms with Crippen LogP contribution in [0.2, 0.25) is 0 Å². The van der Waals surface area contributed by atoms with Crippen LogP contribution in [0, 0.1) is 12.8 Å². The van der Waals surface area contributed by atoms with Gasteiger partial charge in [0.25, 0.3) is 0 Å². The third-order valence-electron chi connectivity index (χ3n) is 4.65. The molecule has 1 saturated heterocycles. The Kier molecular flexibility index (Phi) is 4.52. The largest absolute Gasteiger partial charge is 0.341 e. The third kappa shape index (κ3) is 3.91. The lowest BCUT2D eigenvalue weighted by Gasteiger charge is -2.15. The molecule has 0 saturated carbocycles. The van der Waals surface area contributed by atoms with Gasteiger partial charge in [0.2, 0.25) is 0 Å². The zero-order valence-electron chi connectivity index (χ0n) is 14.4. The molecule has 0 spiro atoms. The minimum absolute atomic E-state index is 0.629. The molecule has 1 N–H and O–H groups in total. The van der Waals surface area contributed by atoms with E-state index in [1.54, 1.807) is 6.33 Å². The van der Waals surface area contributed by atoms with E-state index in [2.05, 4.69) is 48.0 Å². The molecule has 4 rings (SSSR count). The number of aryl methyl sites for hydroxylation is 1. The predicted molar refractivity (Wildman–Crippen MR) is 95.7 cm³/mol. The monoisotopic (exact) mass is 334 g/mol. The van der Waals surface area contributed by atoms with Crippen molar-refractivity contribution in [3.05, 3.63) is 60.1 Å². The summed E-state index contributed by atoms with van der Waals surface area (Å²) in [5, 5.41) is 0. The topological polar surface area (TPSA) is 70.6 Å². The SMILES string of the molecule is Cc1cnc(-c2cc(C[C@@H]3CCN(Cc4ccccn4)C3)ncn2)[nH]1. The van der Waals surface area contributed by atoms with Gasteiger partial charge in [-0.1, -0.05) is 6.07 Å². The first-order valence-electron chi connectivity index (χ1n) is 8.71. The molecule has 25 heavy (non-hydrogen) atoms. The summed E-state index contributed by atoms with van der Waals surface area (Å²) in [4.78, 5) is 23.3. The molecule has 6 heteroatoms. The average molecular weight is 334 g/mol. The van der Waals surface area contributed by atoms with Gasteiger partial charge in [-0.3, -0.25) is 9.88 Å². The number of aromatic amines is 1. The number of nitrogens with one attached hydrogen (secondary N) is 1. The second kappa shape index (κ2) is 7.11. The number of rotatable bonds is 5. The fraction of sp³-hybridized carbons (Fsp3) is 0.368. The predicted octanol–water partition coefficient (Wildman–Crippen LogP) is 2.63. The van der Waals surface area contributed by atoms with Crippen molar-refractivity contribution < 1.29 is 0 Å². The average Bonchev–Trinajstić information content (AvgIpc) is 3.25. The molecular weight excluding hydrogens is 312 g/mol. The third-order valence-corrected chi connectivity index (χ3v) is 4.65. The van der Waals surface area contributed by atoms with E-state index in [0.717, 1.165) is 54.7 Å². The van der Waals surface area contributed by atoms with Gasteiger partial charge >= 0.3 is 0 Å². The maximum Gasteiger partial charge on any atom is 0.156 e. The van der Waals surface area contributed by atoms with Crippen molar-refractivity contribution in [2.24, 2.45) is 5.92 Å². The van der Waals surface area contributed by atoms with Gasteiger partial charge in [-0.2, -0.15) is 0 Å². The molecule has 3 aromatic rings. The van der Waals surface area contributed by atoms with E-state index >= 15 is 0 Å². The highest BCUT2D eigenvalue weighted by Gasteiger charge is 2.23.